The number of hydrogen-bond donors (Lipinski definition) is 0. The van der Waals surface area contributed by atoms with Gasteiger partial charge in [0.25, 0.3) is 0 Å². The van der Waals surface area contributed by atoms with Crippen LogP contribution < -0.4 is 0 Å². The van der Waals surface area contributed by atoms with Crippen LogP contribution in [0, 0.1) is 16.2 Å². The molecule has 0 atom stereocenters. The molecule has 0 saturated carbocycles. The van der Waals surface area contributed by atoms with Crippen molar-refractivity contribution in [1.82, 2.24) is 35.3 Å². The Bertz CT molecular complexity index is 1690. The number of thiazole rings is 1. The second-order valence-electron chi connectivity index (χ2n) is 29.1. The Balaban J connectivity index is -0.000000366. The standard InChI is InChI=1S/C11H19NO.C10H18N2O.C10H18N2S.C7H11NS.3C5H12.C3H3NO.C2H6/c1-10(2,3)8-7-13-9(12-8)11(4,5)6;2*1-9(2,3)7-11-12-8(13-7)10(4,5)6;1-7(2,3)6-8-4-5-9-6;3*1-5(2,3)4;1-2-5-3-4-1;1-2/h7H,1-6H3;2*1-6H3;4-5H,1-3H3;3*1-4H3;1-3H;1-2H3. The van der Waals surface area contributed by atoms with Crippen molar-refractivity contribution < 1.29 is 13.3 Å². The van der Waals surface area contributed by atoms with Crippen molar-refractivity contribution in [3.63, 3.8) is 0 Å². The highest BCUT2D eigenvalue weighted by molar-refractivity contribution is 7.11. The molecule has 0 bridgehead atoms. The predicted molar refractivity (Wildman–Crippen MR) is 307 cm³/mol. The fourth-order valence-electron chi connectivity index (χ4n) is 3.39. The van der Waals surface area contributed by atoms with E-state index in [2.05, 4.69) is 268 Å². The average molecular weight is 1020 g/mol. The van der Waals surface area contributed by atoms with Gasteiger partial charge in [-0.1, -0.05) is 242 Å². The van der Waals surface area contributed by atoms with Crippen molar-refractivity contribution >= 4 is 22.7 Å². The van der Waals surface area contributed by atoms with Gasteiger partial charge in [-0.15, -0.1) is 43.1 Å². The Morgan fingerprint density at radius 3 is 0.886 bits per heavy atom. The van der Waals surface area contributed by atoms with Crippen LogP contribution in [0.3, 0.4) is 0 Å². The summed E-state index contributed by atoms with van der Waals surface area (Å²) in [4.78, 5) is 12.2. The summed E-state index contributed by atoms with van der Waals surface area (Å²) in [5.74, 6) is 2.23. The fraction of sp³-hybridized carbons (Fsp3) is 0.776. The molecule has 0 amide bonds. The van der Waals surface area contributed by atoms with E-state index in [0.29, 0.717) is 28.0 Å². The maximum absolute atomic E-state index is 5.59. The van der Waals surface area contributed by atoms with E-state index in [0.717, 1.165) is 21.6 Å². The lowest BCUT2D eigenvalue weighted by Gasteiger charge is -2.15. The molecule has 0 saturated heterocycles. The first-order valence-corrected chi connectivity index (χ1v) is 26.8. The summed E-state index contributed by atoms with van der Waals surface area (Å²) in [6, 6.07) is 0. The summed E-state index contributed by atoms with van der Waals surface area (Å²) >= 11 is 3.44. The highest BCUT2D eigenvalue weighted by Gasteiger charge is 2.28. The zero-order chi connectivity index (χ0) is 56.8. The average Bonchev–Trinajstić information content (AvgIpc) is 3.96. The lowest BCUT2D eigenvalue weighted by atomic mass is 9.92. The van der Waals surface area contributed by atoms with E-state index < -0.39 is 0 Å². The molecule has 12 heteroatoms. The number of oxazole rings is 2. The molecule has 5 aromatic rings. The lowest BCUT2D eigenvalue weighted by Crippen LogP contribution is -2.15. The van der Waals surface area contributed by atoms with Gasteiger partial charge in [0.2, 0.25) is 11.8 Å². The van der Waals surface area contributed by atoms with E-state index in [1.165, 1.54) is 17.7 Å². The number of nitrogens with zero attached hydrogens (tertiary/aromatic N) is 7. The summed E-state index contributed by atoms with van der Waals surface area (Å²) in [5.41, 5.74) is 2.97. The van der Waals surface area contributed by atoms with Crippen LogP contribution in [0.1, 0.15) is 281 Å². The third-order valence-electron chi connectivity index (χ3n) is 6.75. The molecule has 0 N–H and O–H groups in total. The Morgan fingerprint density at radius 2 is 0.743 bits per heavy atom. The predicted octanol–water partition coefficient (Wildman–Crippen LogP) is 19.4. The van der Waals surface area contributed by atoms with Gasteiger partial charge in [0.05, 0.1) is 16.9 Å². The van der Waals surface area contributed by atoms with Crippen molar-refractivity contribution in [3.8, 4) is 0 Å². The summed E-state index contributed by atoms with van der Waals surface area (Å²) in [6.07, 6.45) is 8.09. The van der Waals surface area contributed by atoms with E-state index in [4.69, 9.17) is 8.83 Å². The highest BCUT2D eigenvalue weighted by atomic mass is 32.1. The van der Waals surface area contributed by atoms with Crippen molar-refractivity contribution in [2.24, 2.45) is 16.2 Å². The topological polar surface area (TPSA) is 130 Å². The Kier molecular flexibility index (Phi) is 31.5. The molecule has 5 heterocycles. The van der Waals surface area contributed by atoms with Gasteiger partial charge in [-0.2, -0.15) is 0 Å². The molecule has 0 aliphatic rings. The summed E-state index contributed by atoms with van der Waals surface area (Å²) < 4.78 is 15.5. The van der Waals surface area contributed by atoms with E-state index >= 15 is 0 Å². The lowest BCUT2D eigenvalue weighted by molar-refractivity contribution is 0.331. The monoisotopic (exact) mass is 1020 g/mol. The maximum Gasteiger partial charge on any atom is 0.221 e. The first-order chi connectivity index (χ1) is 30.7. The minimum Gasteiger partial charge on any atom is -0.452 e. The van der Waals surface area contributed by atoms with Crippen LogP contribution in [0.25, 0.3) is 0 Å². The number of aromatic nitrogens is 7. The molecular weight excluding hydrogens is 907 g/mol. The summed E-state index contributed by atoms with van der Waals surface area (Å²) in [5, 5.41) is 22.0. The molecule has 70 heavy (non-hydrogen) atoms. The second kappa shape index (κ2) is 30.1. The van der Waals surface area contributed by atoms with Gasteiger partial charge >= 0.3 is 0 Å². The van der Waals surface area contributed by atoms with Gasteiger partial charge in [-0.25, -0.2) is 15.0 Å². The highest BCUT2D eigenvalue weighted by Crippen LogP contribution is 2.32. The third-order valence-corrected chi connectivity index (χ3v) is 9.73. The molecule has 0 aromatic carbocycles. The summed E-state index contributed by atoms with van der Waals surface area (Å²) in [7, 11) is 0. The Labute approximate surface area is 440 Å². The van der Waals surface area contributed by atoms with Crippen LogP contribution in [0.4, 0.5) is 0 Å². The summed E-state index contributed by atoms with van der Waals surface area (Å²) in [6.45, 7) is 74.9. The van der Waals surface area contributed by atoms with Crippen molar-refractivity contribution in [1.29, 1.82) is 0 Å². The first-order valence-electron chi connectivity index (χ1n) is 25.1. The minimum atomic E-state index is -0.0590. The van der Waals surface area contributed by atoms with Crippen LogP contribution in [-0.2, 0) is 37.9 Å². The van der Waals surface area contributed by atoms with Crippen molar-refractivity contribution in [2.75, 3.05) is 0 Å². The van der Waals surface area contributed by atoms with Gasteiger partial charge in [0.1, 0.15) is 22.5 Å². The van der Waals surface area contributed by atoms with Gasteiger partial charge in [-0.05, 0) is 16.2 Å². The molecule has 10 nitrogen and oxygen atoms in total. The molecule has 0 unspecified atom stereocenters. The molecule has 0 radical (unpaired) electrons. The van der Waals surface area contributed by atoms with E-state index in [1.54, 1.807) is 35.1 Å². The molecule has 0 fully saturated rings. The van der Waals surface area contributed by atoms with Gasteiger partial charge in [0.15, 0.2) is 12.3 Å². The van der Waals surface area contributed by atoms with Gasteiger partial charge in [0, 0.05) is 49.5 Å². The fourth-order valence-corrected chi connectivity index (χ4v) is 5.08. The maximum atomic E-state index is 5.59. The van der Waals surface area contributed by atoms with E-state index in [1.807, 2.05) is 25.4 Å². The smallest absolute Gasteiger partial charge is 0.221 e. The molecular formula is C58H111N7O3S2. The van der Waals surface area contributed by atoms with Gasteiger partial charge in [-0.3, -0.25) is 0 Å². The second-order valence-corrected chi connectivity index (χ2v) is 31.0. The first kappa shape index (κ1) is 73.3. The van der Waals surface area contributed by atoms with Crippen molar-refractivity contribution in [2.45, 2.75) is 280 Å². The van der Waals surface area contributed by atoms with Gasteiger partial charge < -0.3 is 13.3 Å². The molecule has 5 aromatic heterocycles. The molecule has 0 spiro atoms. The minimum absolute atomic E-state index is 0.00347. The van der Waals surface area contributed by atoms with E-state index in [9.17, 15) is 0 Å². The van der Waals surface area contributed by atoms with Crippen LogP contribution in [0.15, 0.2) is 49.9 Å². The third kappa shape index (κ3) is 43.5. The molecule has 408 valence electrons. The molecule has 5 rings (SSSR count). The normalized spacial score (nSPS) is 12.2. The zero-order valence-electron chi connectivity index (χ0n) is 52.1. The van der Waals surface area contributed by atoms with Crippen molar-refractivity contribution in [3.05, 3.63) is 75.1 Å². The number of rotatable bonds is 0. The zero-order valence-corrected chi connectivity index (χ0v) is 53.8. The van der Waals surface area contributed by atoms with Crippen LogP contribution in [0.2, 0.25) is 0 Å². The SMILES string of the molecule is CC.CC(C)(C)C.CC(C)(C)C.CC(C)(C)C.CC(C)(C)c1coc(C(C)(C)C)n1.CC(C)(C)c1nccs1.CC(C)(C)c1nnc(C(C)(C)C)o1.CC(C)(C)c1nnc(C(C)(C)C)s1.c1cocn1. The Morgan fingerprint density at radius 1 is 0.400 bits per heavy atom. The van der Waals surface area contributed by atoms with Crippen LogP contribution in [0.5, 0.6) is 0 Å². The van der Waals surface area contributed by atoms with E-state index in [-0.39, 0.29) is 37.9 Å². The largest absolute Gasteiger partial charge is 0.452 e. The Hall–Kier alpha value is -3.25. The van der Waals surface area contributed by atoms with Crippen LogP contribution in [-0.4, -0.2) is 35.3 Å². The molecule has 0 aliphatic carbocycles. The molecule has 0 aliphatic heterocycles. The number of hydrogen-bond acceptors (Lipinski definition) is 12. The van der Waals surface area contributed by atoms with Crippen LogP contribution >= 0.6 is 22.7 Å². The quantitative estimate of drug-likeness (QED) is 0.148.